The van der Waals surface area contributed by atoms with Crippen molar-refractivity contribution in [3.63, 3.8) is 0 Å². The number of hydrogen-bond acceptors (Lipinski definition) is 3. The summed E-state index contributed by atoms with van der Waals surface area (Å²) in [7, 11) is -1.01. The van der Waals surface area contributed by atoms with Crippen LogP contribution >= 0.6 is 0 Å². The Hall–Kier alpha value is -0.505. The quantitative estimate of drug-likeness (QED) is 0.550. The van der Waals surface area contributed by atoms with E-state index in [0.717, 1.165) is 0 Å². The normalized spacial score (nSPS) is 10.9. The Bertz CT molecular complexity index is 125. The molecule has 0 aliphatic carbocycles. The maximum Gasteiger partial charge on any atom is 0.521 e. The Morgan fingerprint density at radius 3 is 2.00 bits per heavy atom. The minimum atomic E-state index is -1.01. The predicted octanol–water partition coefficient (Wildman–Crippen LogP) is 0.686. The van der Waals surface area contributed by atoms with Gasteiger partial charge >= 0.3 is 7.12 Å². The van der Waals surface area contributed by atoms with Crippen LogP contribution in [-0.4, -0.2) is 18.1 Å². The van der Waals surface area contributed by atoms with E-state index in [4.69, 9.17) is 5.02 Å². The van der Waals surface area contributed by atoms with Gasteiger partial charge in [-0.05, 0) is 27.6 Å². The summed E-state index contributed by atoms with van der Waals surface area (Å²) in [5.74, 6) is -0.387. The Labute approximate surface area is 61.5 Å². The van der Waals surface area contributed by atoms with Gasteiger partial charge < -0.3 is 9.68 Å². The molecule has 10 heavy (non-hydrogen) atoms. The molecular formula is C6H13BO3. The second kappa shape index (κ2) is 3.06. The van der Waals surface area contributed by atoms with Crippen LogP contribution < -0.4 is 0 Å². The fraction of sp³-hybridized carbons (Fsp3) is 0.833. The SMILES string of the molecule is CB(O)OC(=O)C(C)(C)C. The van der Waals surface area contributed by atoms with Gasteiger partial charge in [-0.1, -0.05) is 0 Å². The first-order valence-corrected chi connectivity index (χ1v) is 3.23. The summed E-state index contributed by atoms with van der Waals surface area (Å²) in [4.78, 5) is 10.9. The molecule has 0 bridgehead atoms. The van der Waals surface area contributed by atoms with E-state index >= 15 is 0 Å². The first-order valence-electron chi connectivity index (χ1n) is 3.23. The maximum atomic E-state index is 10.9. The van der Waals surface area contributed by atoms with Crippen LogP contribution in [0.3, 0.4) is 0 Å². The average molecular weight is 144 g/mol. The van der Waals surface area contributed by atoms with Gasteiger partial charge in [0, 0.05) is 0 Å². The van der Waals surface area contributed by atoms with Crippen molar-refractivity contribution in [3.05, 3.63) is 0 Å². The molecule has 0 heterocycles. The molecular weight excluding hydrogens is 131 g/mol. The topological polar surface area (TPSA) is 46.5 Å². The third kappa shape index (κ3) is 3.51. The molecule has 0 aromatic carbocycles. The van der Waals surface area contributed by atoms with Crippen molar-refractivity contribution in [2.45, 2.75) is 27.6 Å². The highest BCUT2D eigenvalue weighted by molar-refractivity contribution is 6.43. The maximum absolute atomic E-state index is 10.9. The molecule has 0 aromatic heterocycles. The van der Waals surface area contributed by atoms with Crippen LogP contribution in [0.1, 0.15) is 20.8 Å². The predicted molar refractivity (Wildman–Crippen MR) is 39.4 cm³/mol. The molecule has 0 aliphatic heterocycles. The van der Waals surface area contributed by atoms with Crippen LogP contribution in [0, 0.1) is 5.41 Å². The number of carbonyl (C=O) groups is 1. The summed E-state index contributed by atoms with van der Waals surface area (Å²) >= 11 is 0. The van der Waals surface area contributed by atoms with Gasteiger partial charge in [-0.3, -0.25) is 4.79 Å². The van der Waals surface area contributed by atoms with Crippen LogP contribution in [0.4, 0.5) is 0 Å². The smallest absolute Gasteiger partial charge is 0.509 e. The minimum Gasteiger partial charge on any atom is -0.509 e. The van der Waals surface area contributed by atoms with Crippen LogP contribution in [0.2, 0.25) is 6.82 Å². The monoisotopic (exact) mass is 144 g/mol. The Kier molecular flexibility index (Phi) is 2.90. The molecule has 0 spiro atoms. The summed E-state index contributed by atoms with van der Waals surface area (Å²) in [6.07, 6.45) is 0. The lowest BCUT2D eigenvalue weighted by Crippen LogP contribution is -2.28. The van der Waals surface area contributed by atoms with Gasteiger partial charge in [-0.15, -0.1) is 0 Å². The number of carbonyl (C=O) groups excluding carboxylic acids is 1. The minimum absolute atomic E-state index is 0.387. The fourth-order valence-electron chi connectivity index (χ4n) is 0.332. The molecule has 0 rings (SSSR count). The van der Waals surface area contributed by atoms with Gasteiger partial charge in [0.2, 0.25) is 0 Å². The molecule has 4 heteroatoms. The van der Waals surface area contributed by atoms with Crippen molar-refractivity contribution in [1.29, 1.82) is 0 Å². The molecule has 0 aromatic rings. The molecule has 0 saturated carbocycles. The van der Waals surface area contributed by atoms with Crippen molar-refractivity contribution >= 4 is 13.1 Å². The van der Waals surface area contributed by atoms with E-state index in [2.05, 4.69) is 4.65 Å². The summed E-state index contributed by atoms with van der Waals surface area (Å²) in [6, 6.07) is 0. The molecule has 3 nitrogen and oxygen atoms in total. The lowest BCUT2D eigenvalue weighted by atomic mass is 9.92. The van der Waals surface area contributed by atoms with E-state index < -0.39 is 12.5 Å². The first kappa shape index (κ1) is 9.49. The second-order valence-corrected chi connectivity index (χ2v) is 3.25. The van der Waals surface area contributed by atoms with Crippen LogP contribution in [0.15, 0.2) is 0 Å². The average Bonchev–Trinajstić information content (AvgIpc) is 1.60. The molecule has 0 aliphatic rings. The molecule has 0 amide bonds. The molecule has 58 valence electrons. The Morgan fingerprint density at radius 1 is 1.50 bits per heavy atom. The summed E-state index contributed by atoms with van der Waals surface area (Å²) in [5, 5.41) is 8.64. The van der Waals surface area contributed by atoms with Crippen molar-refractivity contribution in [1.82, 2.24) is 0 Å². The molecule has 0 saturated heterocycles. The largest absolute Gasteiger partial charge is 0.521 e. The molecule has 0 unspecified atom stereocenters. The third-order valence-corrected chi connectivity index (χ3v) is 0.890. The highest BCUT2D eigenvalue weighted by atomic mass is 16.6. The lowest BCUT2D eigenvalue weighted by Gasteiger charge is -2.16. The molecule has 1 N–H and O–H groups in total. The Morgan fingerprint density at radius 2 is 1.90 bits per heavy atom. The lowest BCUT2D eigenvalue weighted by molar-refractivity contribution is -0.144. The van der Waals surface area contributed by atoms with Crippen molar-refractivity contribution in [2.24, 2.45) is 5.41 Å². The Balaban J connectivity index is 3.87. The second-order valence-electron chi connectivity index (χ2n) is 3.25. The van der Waals surface area contributed by atoms with E-state index in [9.17, 15) is 4.79 Å². The van der Waals surface area contributed by atoms with Gasteiger partial charge in [0.15, 0.2) is 0 Å². The van der Waals surface area contributed by atoms with Gasteiger partial charge in [0.05, 0.1) is 5.41 Å². The summed E-state index contributed by atoms with van der Waals surface area (Å²) < 4.78 is 4.53. The highest BCUT2D eigenvalue weighted by Crippen LogP contribution is 2.14. The standard InChI is InChI=1S/C6H13BO3/c1-6(2,3)5(8)10-7(4)9/h9H,1-4H3. The van der Waals surface area contributed by atoms with E-state index in [1.54, 1.807) is 20.8 Å². The van der Waals surface area contributed by atoms with Gasteiger partial charge in [0.1, 0.15) is 0 Å². The number of hydrogen-bond donors (Lipinski definition) is 1. The van der Waals surface area contributed by atoms with Crippen LogP contribution in [0.25, 0.3) is 0 Å². The highest BCUT2D eigenvalue weighted by Gasteiger charge is 2.25. The fourth-order valence-corrected chi connectivity index (χ4v) is 0.332. The van der Waals surface area contributed by atoms with Gasteiger partial charge in [-0.2, -0.15) is 0 Å². The van der Waals surface area contributed by atoms with E-state index in [-0.39, 0.29) is 5.97 Å². The molecule has 0 atom stereocenters. The number of rotatable bonds is 1. The van der Waals surface area contributed by atoms with Crippen molar-refractivity contribution in [2.75, 3.05) is 0 Å². The zero-order chi connectivity index (χ0) is 8.36. The molecule has 0 radical (unpaired) electrons. The van der Waals surface area contributed by atoms with Crippen LogP contribution in [0.5, 0.6) is 0 Å². The zero-order valence-electron chi connectivity index (χ0n) is 6.84. The van der Waals surface area contributed by atoms with Gasteiger partial charge in [-0.25, -0.2) is 0 Å². The van der Waals surface area contributed by atoms with Crippen molar-refractivity contribution in [3.8, 4) is 0 Å². The van der Waals surface area contributed by atoms with E-state index in [1.807, 2.05) is 0 Å². The third-order valence-electron chi connectivity index (χ3n) is 0.890. The summed E-state index contributed by atoms with van der Waals surface area (Å²) in [6.45, 7) is 6.61. The van der Waals surface area contributed by atoms with E-state index in [1.165, 1.54) is 6.82 Å². The van der Waals surface area contributed by atoms with Gasteiger partial charge in [0.25, 0.3) is 5.97 Å². The van der Waals surface area contributed by atoms with Crippen molar-refractivity contribution < 1.29 is 14.5 Å². The first-order chi connectivity index (χ1) is 4.34. The van der Waals surface area contributed by atoms with Crippen LogP contribution in [-0.2, 0) is 9.45 Å². The summed E-state index contributed by atoms with van der Waals surface area (Å²) in [5.41, 5.74) is -0.531. The zero-order valence-corrected chi connectivity index (χ0v) is 6.84. The molecule has 0 fully saturated rings. The van der Waals surface area contributed by atoms with E-state index in [0.29, 0.717) is 0 Å².